The Hall–Kier alpha value is -2.93. The van der Waals surface area contributed by atoms with E-state index in [1.807, 2.05) is 6.92 Å². The lowest BCUT2D eigenvalue weighted by Crippen LogP contribution is -2.42. The van der Waals surface area contributed by atoms with Crippen LogP contribution in [0.1, 0.15) is 226 Å². The Morgan fingerprint density at radius 2 is 0.690 bits per heavy atom. The zero-order valence-corrected chi connectivity index (χ0v) is 46.1. The minimum Gasteiger partial charge on any atom is -0.444 e. The van der Waals surface area contributed by atoms with E-state index >= 15 is 0 Å². The van der Waals surface area contributed by atoms with Gasteiger partial charge >= 0.3 is 11.9 Å². The second kappa shape index (κ2) is 48.0. The Kier molecular flexibility index (Phi) is 44.7. The van der Waals surface area contributed by atoms with Gasteiger partial charge in [-0.1, -0.05) is 194 Å². The van der Waals surface area contributed by atoms with Crippen molar-refractivity contribution < 1.29 is 48.2 Å². The highest BCUT2D eigenvalue weighted by molar-refractivity contribution is 5.70. The second-order valence-corrected chi connectivity index (χ2v) is 19.2. The van der Waals surface area contributed by atoms with Gasteiger partial charge in [-0.25, -0.2) is 0 Å². The maximum absolute atomic E-state index is 13.0. The molecule has 1 rings (SSSR count). The first-order valence-electron chi connectivity index (χ1n) is 28.1. The van der Waals surface area contributed by atoms with Crippen LogP contribution >= 0.6 is 0 Å². The molecule has 0 aromatic carbocycles. The summed E-state index contributed by atoms with van der Waals surface area (Å²) in [6.07, 6.45) is 37.6. The highest BCUT2D eigenvalue weighted by Crippen LogP contribution is 2.22. The number of rotatable bonds is 53. The number of aliphatic hydroxyl groups is 2. The molecule has 0 saturated carbocycles. The number of unbranched alkanes of at least 4 members (excludes halogenated alkanes) is 28. The Morgan fingerprint density at radius 3 is 0.958 bits per heavy atom. The van der Waals surface area contributed by atoms with Crippen molar-refractivity contribution in [3.63, 3.8) is 0 Å². The molecule has 0 aliphatic heterocycles. The van der Waals surface area contributed by atoms with Crippen molar-refractivity contribution in [3.8, 4) is 0 Å². The number of hydrogen-bond donors (Lipinski definition) is 2. The fraction of sp³-hybridized carbons (Fsp3) is 0.907. The van der Waals surface area contributed by atoms with Crippen LogP contribution in [0.5, 0.6) is 0 Å². The van der Waals surface area contributed by atoms with Crippen molar-refractivity contribution in [2.45, 2.75) is 232 Å². The number of carbonyl (C=O) groups is 2. The van der Waals surface area contributed by atoms with E-state index in [0.29, 0.717) is 25.9 Å². The largest absolute Gasteiger partial charge is 0.444 e. The van der Waals surface area contributed by atoms with E-state index < -0.39 is 6.23 Å². The summed E-state index contributed by atoms with van der Waals surface area (Å²) >= 11 is 0. The molecular formula is C54H105N7O10. The summed E-state index contributed by atoms with van der Waals surface area (Å²) in [4.78, 5) is 46.9. The van der Waals surface area contributed by atoms with Crippen LogP contribution < -0.4 is 14.7 Å². The van der Waals surface area contributed by atoms with Gasteiger partial charge in [0.25, 0.3) is 0 Å². The molecule has 17 nitrogen and oxygen atoms in total. The third-order valence-corrected chi connectivity index (χ3v) is 12.8. The molecule has 0 spiro atoms. The molecule has 1 unspecified atom stereocenters. The van der Waals surface area contributed by atoms with E-state index in [2.05, 4.69) is 13.8 Å². The third-order valence-electron chi connectivity index (χ3n) is 12.8. The van der Waals surface area contributed by atoms with E-state index in [1.165, 1.54) is 175 Å². The fourth-order valence-electron chi connectivity index (χ4n) is 8.45. The molecule has 416 valence electrons. The minimum absolute atomic E-state index is 0.0112. The van der Waals surface area contributed by atoms with E-state index in [1.54, 1.807) is 19.6 Å². The Balaban J connectivity index is 2.90. The van der Waals surface area contributed by atoms with Gasteiger partial charge in [0.15, 0.2) is 13.5 Å². The topological polar surface area (TPSA) is 182 Å². The first-order chi connectivity index (χ1) is 34.8. The minimum atomic E-state index is -0.489. The maximum Gasteiger partial charge on any atom is 0.307 e. The standard InChI is InChI=1S/C54H105N7O10/c1-7-9-11-13-15-17-19-21-23-25-27-29-31-33-35-37-50(64)70-47-60(44-67-5)53-55-52(59(43-66-4)46-69-49(3)58(39-41-62)40-42-63)56-54(57-53)61(45-68-6)48-71-51(65)38-36-34-32-30-28-26-24-22-20-18-16-14-12-10-8-2/h49,62-63H,7-48H2,1-6H3. The van der Waals surface area contributed by atoms with Crippen LogP contribution in [0, 0.1) is 0 Å². The number of hydrogen-bond acceptors (Lipinski definition) is 17. The van der Waals surface area contributed by atoms with Crippen LogP contribution in [-0.4, -0.2) is 136 Å². The van der Waals surface area contributed by atoms with Gasteiger partial charge in [-0.15, -0.1) is 0 Å². The van der Waals surface area contributed by atoms with Gasteiger partial charge in [0.05, 0.1) is 13.2 Å². The molecule has 1 atom stereocenters. The summed E-state index contributed by atoms with van der Waals surface area (Å²) in [6.45, 7) is 6.36. The quantitative estimate of drug-likeness (QED) is 0.0357. The van der Waals surface area contributed by atoms with Crippen molar-refractivity contribution in [1.82, 2.24) is 19.9 Å². The molecule has 1 heterocycles. The number of anilines is 3. The number of ether oxygens (including phenoxy) is 6. The Morgan fingerprint density at radius 1 is 0.423 bits per heavy atom. The summed E-state index contributed by atoms with van der Waals surface area (Å²) in [6, 6.07) is 0. The lowest BCUT2D eigenvalue weighted by atomic mass is 10.0. The number of carbonyl (C=O) groups excluding carboxylic acids is 2. The predicted octanol–water partition coefficient (Wildman–Crippen LogP) is 11.2. The van der Waals surface area contributed by atoms with Crippen LogP contribution in [0.4, 0.5) is 17.8 Å². The highest BCUT2D eigenvalue weighted by Gasteiger charge is 2.24. The first kappa shape index (κ1) is 66.1. The van der Waals surface area contributed by atoms with Crippen molar-refractivity contribution in [2.75, 3.05) is 103 Å². The number of methoxy groups -OCH3 is 3. The van der Waals surface area contributed by atoms with E-state index in [0.717, 1.165) is 38.5 Å². The van der Waals surface area contributed by atoms with Gasteiger partial charge < -0.3 is 38.6 Å². The van der Waals surface area contributed by atoms with Crippen LogP contribution in [-0.2, 0) is 38.0 Å². The summed E-state index contributed by atoms with van der Waals surface area (Å²) < 4.78 is 34.3. The van der Waals surface area contributed by atoms with Crippen molar-refractivity contribution in [2.24, 2.45) is 0 Å². The second-order valence-electron chi connectivity index (χ2n) is 19.2. The van der Waals surface area contributed by atoms with Gasteiger partial charge in [-0.3, -0.25) is 29.2 Å². The molecule has 71 heavy (non-hydrogen) atoms. The van der Waals surface area contributed by atoms with Gasteiger partial charge in [0.1, 0.15) is 33.2 Å². The van der Waals surface area contributed by atoms with Gasteiger partial charge in [-0.05, 0) is 19.8 Å². The molecule has 0 fully saturated rings. The average molecular weight is 1010 g/mol. The predicted molar refractivity (Wildman–Crippen MR) is 285 cm³/mol. The smallest absolute Gasteiger partial charge is 0.307 e. The van der Waals surface area contributed by atoms with Crippen molar-refractivity contribution in [1.29, 1.82) is 0 Å². The van der Waals surface area contributed by atoms with Gasteiger partial charge in [0.2, 0.25) is 17.8 Å². The third kappa shape index (κ3) is 35.8. The molecule has 1 aromatic rings. The van der Waals surface area contributed by atoms with Gasteiger partial charge in [0, 0.05) is 47.3 Å². The fourth-order valence-corrected chi connectivity index (χ4v) is 8.45. The number of esters is 2. The van der Waals surface area contributed by atoms with Crippen LogP contribution in [0.15, 0.2) is 0 Å². The number of aliphatic hydroxyl groups excluding tert-OH is 2. The molecular weight excluding hydrogens is 907 g/mol. The summed E-state index contributed by atoms with van der Waals surface area (Å²) in [5.74, 6) is -0.223. The lowest BCUT2D eigenvalue weighted by Gasteiger charge is -2.31. The maximum atomic E-state index is 13.0. The molecule has 0 amide bonds. The zero-order chi connectivity index (χ0) is 51.8. The van der Waals surface area contributed by atoms with E-state index in [9.17, 15) is 19.8 Å². The lowest BCUT2D eigenvalue weighted by molar-refractivity contribution is -0.144. The highest BCUT2D eigenvalue weighted by atomic mass is 16.6. The molecule has 0 aliphatic rings. The van der Waals surface area contributed by atoms with E-state index in [-0.39, 0.29) is 83.4 Å². The normalized spacial score (nSPS) is 11.9. The molecule has 17 heteroatoms. The molecule has 0 radical (unpaired) electrons. The van der Waals surface area contributed by atoms with Gasteiger partial charge in [-0.2, -0.15) is 15.0 Å². The Labute approximate surface area is 431 Å². The van der Waals surface area contributed by atoms with Crippen molar-refractivity contribution in [3.05, 3.63) is 0 Å². The number of nitrogens with zero attached hydrogens (tertiary/aromatic N) is 7. The van der Waals surface area contributed by atoms with Crippen LogP contribution in [0.3, 0.4) is 0 Å². The van der Waals surface area contributed by atoms with Crippen molar-refractivity contribution >= 4 is 29.8 Å². The Bertz CT molecular complexity index is 1290. The molecule has 2 N–H and O–H groups in total. The van der Waals surface area contributed by atoms with Crippen LogP contribution in [0.25, 0.3) is 0 Å². The SMILES string of the molecule is CCCCCCCCCCCCCCCCCC(=O)OCN(COC)c1nc(N(COC)COC(=O)CCCCCCCCCCCCCCCCC)nc(N(COC)COC(C)N(CCO)CCO)n1. The first-order valence-corrected chi connectivity index (χ1v) is 28.1. The summed E-state index contributed by atoms with van der Waals surface area (Å²) in [7, 11) is 4.59. The molecule has 1 aromatic heterocycles. The molecule has 0 saturated heterocycles. The number of aromatic nitrogens is 3. The summed E-state index contributed by atoms with van der Waals surface area (Å²) in [5, 5.41) is 19.2. The molecule has 0 bridgehead atoms. The van der Waals surface area contributed by atoms with Crippen LogP contribution in [0.2, 0.25) is 0 Å². The monoisotopic (exact) mass is 1010 g/mol. The average Bonchev–Trinajstić information content (AvgIpc) is 3.37. The zero-order valence-electron chi connectivity index (χ0n) is 46.1. The summed E-state index contributed by atoms with van der Waals surface area (Å²) in [5.41, 5.74) is 0. The van der Waals surface area contributed by atoms with E-state index in [4.69, 9.17) is 43.4 Å². The molecule has 0 aliphatic carbocycles.